The van der Waals surface area contributed by atoms with Crippen LogP contribution in [-0.2, 0) is 7.05 Å². The van der Waals surface area contributed by atoms with Crippen molar-refractivity contribution < 1.29 is 17.0 Å². The number of hydrogen-bond donors (Lipinski definition) is 3. The Bertz CT molecular complexity index is 2380. The molecule has 0 saturated carbocycles. The molecule has 3 saturated heterocycles. The van der Waals surface area contributed by atoms with E-state index in [9.17, 15) is 9.90 Å². The number of carbonyl (C=O) groups excluding carboxylic acids is 1. The molecule has 2 unspecified atom stereocenters. The van der Waals surface area contributed by atoms with Gasteiger partial charge in [-0.25, -0.2) is 4.39 Å². The molecule has 2 aromatic heterocycles. The number of amides is 1. The molecule has 9 rings (SSSR count). The van der Waals surface area contributed by atoms with Gasteiger partial charge in [0.1, 0.15) is 11.4 Å². The summed E-state index contributed by atoms with van der Waals surface area (Å²) in [4.78, 5) is 21.8. The van der Waals surface area contributed by atoms with Crippen LogP contribution in [0.4, 0.5) is 21.6 Å². The Morgan fingerprint density at radius 1 is 0.983 bits per heavy atom. The van der Waals surface area contributed by atoms with E-state index in [1.165, 1.54) is 10.9 Å². The average molecular weight is 786 g/mol. The van der Waals surface area contributed by atoms with Gasteiger partial charge < -0.3 is 35.0 Å². The van der Waals surface area contributed by atoms with Crippen LogP contribution in [0.15, 0.2) is 91.3 Å². The van der Waals surface area contributed by atoms with Crippen LogP contribution in [-0.4, -0.2) is 100 Å². The van der Waals surface area contributed by atoms with Gasteiger partial charge in [-0.3, -0.25) is 10.1 Å². The highest BCUT2D eigenvalue weighted by molar-refractivity contribution is 5.94. The van der Waals surface area contributed by atoms with Gasteiger partial charge in [-0.05, 0) is 98.3 Å². The summed E-state index contributed by atoms with van der Waals surface area (Å²) in [5.41, 5.74) is 12.1. The van der Waals surface area contributed by atoms with E-state index in [4.69, 9.17) is 8.48 Å². The number of fused-ring (bicyclic) bond motifs is 1. The van der Waals surface area contributed by atoms with Gasteiger partial charge in [-0.1, -0.05) is 36.4 Å². The van der Waals surface area contributed by atoms with Crippen LogP contribution in [0.2, 0.25) is 0 Å². The summed E-state index contributed by atoms with van der Waals surface area (Å²) < 4.78 is 34.8. The molecule has 0 aliphatic carbocycles. The quantitative estimate of drug-likeness (QED) is 0.153. The molecule has 3 fully saturated rings. The molecular formula is C46H54FN9O2. The van der Waals surface area contributed by atoms with E-state index in [1.807, 2.05) is 46.3 Å². The van der Waals surface area contributed by atoms with Crippen molar-refractivity contribution in [2.45, 2.75) is 56.0 Å². The second kappa shape index (κ2) is 16.1. The number of aryl methyl sites for hydroxylation is 1. The van der Waals surface area contributed by atoms with E-state index >= 15 is 4.39 Å². The number of nitrogens with zero attached hydrogens (tertiary/aromatic N) is 7. The van der Waals surface area contributed by atoms with Crippen molar-refractivity contribution >= 4 is 34.0 Å². The molecule has 12 heteroatoms. The van der Waals surface area contributed by atoms with Crippen LogP contribution in [0.5, 0.6) is 5.75 Å². The first-order chi connectivity index (χ1) is 29.0. The van der Waals surface area contributed by atoms with E-state index in [0.717, 1.165) is 74.3 Å². The second-order valence-corrected chi connectivity index (χ2v) is 16.5. The zero-order chi connectivity index (χ0) is 41.5. The first-order valence-electron chi connectivity index (χ1n) is 21.8. The zero-order valence-electron chi connectivity index (χ0n) is 35.1. The number of alkyl halides is 1. The molecular weight excluding hydrogens is 730 g/mol. The summed E-state index contributed by atoms with van der Waals surface area (Å²) in [6, 6.07) is 23.2. The number of phenolic OH excluding ortho intramolecular Hbond substituents is 1. The Balaban J connectivity index is 0.769. The summed E-state index contributed by atoms with van der Waals surface area (Å²) in [5.74, 6) is 1.08. The number of aromatic hydroxyl groups is 1. The highest BCUT2D eigenvalue weighted by Gasteiger charge is 2.39. The molecule has 4 aliphatic rings. The summed E-state index contributed by atoms with van der Waals surface area (Å²) >= 11 is 0. The number of nitrogens with one attached hydrogen (secondary N) is 1. The van der Waals surface area contributed by atoms with Gasteiger partial charge in [0, 0.05) is 101 Å². The second-order valence-electron chi connectivity index (χ2n) is 16.5. The molecule has 3 aromatic carbocycles. The maximum Gasteiger partial charge on any atom is 0.253 e. The third-order valence-corrected chi connectivity index (χ3v) is 12.8. The third kappa shape index (κ3) is 7.75. The van der Waals surface area contributed by atoms with Gasteiger partial charge >= 0.3 is 0 Å². The number of nitrogens with two attached hydrogens (primary N) is 1. The highest BCUT2D eigenvalue weighted by Crippen LogP contribution is 2.39. The monoisotopic (exact) mass is 785 g/mol. The predicted molar refractivity (Wildman–Crippen MR) is 229 cm³/mol. The largest absolute Gasteiger partial charge is 0.507 e. The Labute approximate surface area is 342 Å². The molecule has 4 N–H and O–H groups in total. The molecule has 5 aromatic rings. The van der Waals surface area contributed by atoms with Crippen molar-refractivity contribution in [3.8, 4) is 17.0 Å². The van der Waals surface area contributed by atoms with Gasteiger partial charge in [-0.15, -0.1) is 10.2 Å². The number of piperidine rings is 3. The lowest BCUT2D eigenvalue weighted by atomic mass is 9.87. The molecule has 1 amide bonds. The van der Waals surface area contributed by atoms with Crippen LogP contribution in [0, 0.1) is 0 Å². The molecule has 58 heavy (non-hydrogen) atoms. The lowest BCUT2D eigenvalue weighted by molar-refractivity contribution is 0.0177. The zero-order valence-corrected chi connectivity index (χ0v) is 33.1. The van der Waals surface area contributed by atoms with Crippen molar-refractivity contribution in [2.75, 3.05) is 74.5 Å². The highest BCUT2D eigenvalue weighted by atomic mass is 19.1. The molecule has 0 radical (unpaired) electrons. The maximum atomic E-state index is 16.4. The number of nitrogen functional groups attached to an aromatic ring is 1. The molecule has 6 heterocycles. The number of anilines is 3. The Morgan fingerprint density at radius 3 is 2.55 bits per heavy atom. The van der Waals surface area contributed by atoms with Crippen LogP contribution >= 0.6 is 0 Å². The lowest BCUT2D eigenvalue weighted by Gasteiger charge is -2.41. The van der Waals surface area contributed by atoms with Gasteiger partial charge in [0.2, 0.25) is 0 Å². The molecule has 4 aliphatic heterocycles. The van der Waals surface area contributed by atoms with Crippen LogP contribution in [0.1, 0.15) is 74.6 Å². The standard InChI is InChI=1S/C46H54FN9O2/c1-52-29-39(37-14-13-36(26-41(37)52)56-21-5-19-49-31-56)33-15-22-53(23-16-33)30-46(47)17-24-54(25-18-46)45(58)34-11-9-32(10-12-34)35-6-4-20-55(28-35)42-27-40(50-51-44(42)48)38-7-2-3-8-43(38)57/h2-3,5,7-14,21,26-27,29,33,35,49,57H,4,6,15-20,22-25,28,30-31H2,1H3,(H2,48,51)/i19D,31D/t19?,31-,35?/m0/s1. The van der Waals surface area contributed by atoms with Crippen LogP contribution in [0.25, 0.3) is 22.2 Å². The van der Waals surface area contributed by atoms with E-state index in [1.54, 1.807) is 18.2 Å². The maximum absolute atomic E-state index is 16.4. The van der Waals surface area contributed by atoms with Crippen LogP contribution < -0.4 is 20.9 Å². The first-order valence-corrected chi connectivity index (χ1v) is 20.7. The van der Waals surface area contributed by atoms with E-state index in [0.29, 0.717) is 61.0 Å². The SMILES string of the molecule is [2H]C1C=CN(c2ccc3c(C4CCN(CC5(F)CCN(C(=O)c6ccc(C7CCCN(c8cc(-c9ccccc9O)nnc8N)C7)cc6)CC5)CC4)cn(C)c3c2)[C@@H]([2H])N1. The number of phenols is 1. The minimum atomic E-state index is -1.32. The fraction of sp³-hybridized carbons (Fsp3) is 0.413. The topological polar surface area (TPSA) is 119 Å². The van der Waals surface area contributed by atoms with Gasteiger partial charge in [0.05, 0.1) is 24.9 Å². The van der Waals surface area contributed by atoms with Gasteiger partial charge in [-0.2, -0.15) is 0 Å². The van der Waals surface area contributed by atoms with Gasteiger partial charge in [0.15, 0.2) is 5.82 Å². The summed E-state index contributed by atoms with van der Waals surface area (Å²) in [7, 11) is 2.06. The third-order valence-electron chi connectivity index (χ3n) is 12.8. The normalized spacial score (nSPS) is 23.6. The number of likely N-dealkylation sites (tertiary alicyclic amines) is 2. The van der Waals surface area contributed by atoms with E-state index in [2.05, 4.69) is 73.5 Å². The number of halogens is 1. The smallest absolute Gasteiger partial charge is 0.253 e. The summed E-state index contributed by atoms with van der Waals surface area (Å²) in [6.07, 6.45) is 10.4. The Hall–Kier alpha value is -5.46. The Morgan fingerprint density at radius 2 is 1.78 bits per heavy atom. The molecule has 0 bridgehead atoms. The molecule has 0 spiro atoms. The Kier molecular flexibility index (Phi) is 9.88. The van der Waals surface area contributed by atoms with Crippen molar-refractivity contribution in [3.05, 3.63) is 108 Å². The average Bonchev–Trinajstić information content (AvgIpc) is 3.59. The van der Waals surface area contributed by atoms with Crippen molar-refractivity contribution in [2.24, 2.45) is 7.05 Å². The number of para-hydroxylation sites is 1. The van der Waals surface area contributed by atoms with Crippen LogP contribution in [0.3, 0.4) is 0 Å². The number of benzene rings is 3. The number of carbonyl (C=O) groups is 1. The van der Waals surface area contributed by atoms with Gasteiger partial charge in [0.25, 0.3) is 5.91 Å². The molecule has 11 nitrogen and oxygen atoms in total. The molecule has 3 atom stereocenters. The van der Waals surface area contributed by atoms with E-state index < -0.39 is 18.8 Å². The minimum absolute atomic E-state index is 0.0470. The van der Waals surface area contributed by atoms with Crippen molar-refractivity contribution in [1.29, 1.82) is 0 Å². The number of hydrogen-bond acceptors (Lipinski definition) is 9. The number of aromatic nitrogens is 3. The fourth-order valence-electron chi connectivity index (χ4n) is 9.49. The predicted octanol–water partition coefficient (Wildman–Crippen LogP) is 7.01. The van der Waals surface area contributed by atoms with Crippen molar-refractivity contribution in [3.63, 3.8) is 0 Å². The number of rotatable bonds is 8. The lowest BCUT2D eigenvalue weighted by Crippen LogP contribution is -2.50. The summed E-state index contributed by atoms with van der Waals surface area (Å²) in [6.45, 7) is 3.17. The first kappa shape index (κ1) is 35.7. The fourth-order valence-corrected chi connectivity index (χ4v) is 9.49. The minimum Gasteiger partial charge on any atom is -0.507 e. The summed E-state index contributed by atoms with van der Waals surface area (Å²) in [5, 5.41) is 23.0. The van der Waals surface area contributed by atoms with E-state index in [-0.39, 0.29) is 17.6 Å². The molecule has 302 valence electrons. The van der Waals surface area contributed by atoms with Crippen molar-refractivity contribution in [1.82, 2.24) is 29.9 Å².